The fourth-order valence-electron chi connectivity index (χ4n) is 3.43. The Morgan fingerprint density at radius 2 is 1.94 bits per heavy atom. The molecular weight excluding hydrogens is 402 g/mol. The highest BCUT2D eigenvalue weighted by atomic mass is 16.3. The van der Waals surface area contributed by atoms with E-state index in [4.69, 9.17) is 16.2 Å². The van der Waals surface area contributed by atoms with E-state index >= 15 is 0 Å². The summed E-state index contributed by atoms with van der Waals surface area (Å²) >= 11 is 0. The predicted octanol–water partition coefficient (Wildman–Crippen LogP) is 2.27. The van der Waals surface area contributed by atoms with Gasteiger partial charge in [0, 0.05) is 56.2 Å². The Bertz CT molecular complexity index is 909. The monoisotopic (exact) mass is 437 g/mol. The van der Waals surface area contributed by atoms with Crippen LogP contribution in [0.3, 0.4) is 0 Å². The lowest BCUT2D eigenvalue weighted by Crippen LogP contribution is -2.46. The molecule has 0 radical (unpaired) electrons. The summed E-state index contributed by atoms with van der Waals surface area (Å²) in [7, 11) is 0. The first-order valence-electron chi connectivity index (χ1n) is 10.8. The molecule has 5 N–H and O–H groups in total. The summed E-state index contributed by atoms with van der Waals surface area (Å²) in [5, 5.41) is 20.0. The number of hydrogen-bond acceptors (Lipinski definition) is 6. The second-order valence-corrected chi connectivity index (χ2v) is 7.98. The Morgan fingerprint density at radius 3 is 2.59 bits per heavy atom. The molecule has 7 nitrogen and oxygen atoms in total. The highest BCUT2D eigenvalue weighted by Crippen LogP contribution is 2.14. The number of nitrogens with one attached hydrogen (secondary N) is 2. The zero-order valence-corrected chi connectivity index (χ0v) is 19.1. The van der Waals surface area contributed by atoms with Gasteiger partial charge < -0.3 is 21.6 Å². The molecule has 0 bridgehead atoms. The third kappa shape index (κ3) is 7.92. The van der Waals surface area contributed by atoms with Gasteiger partial charge in [0.05, 0.1) is 12.3 Å². The van der Waals surface area contributed by atoms with E-state index in [0.29, 0.717) is 23.4 Å². The molecule has 0 spiro atoms. The van der Waals surface area contributed by atoms with Crippen LogP contribution < -0.4 is 11.1 Å². The van der Waals surface area contributed by atoms with Gasteiger partial charge in [-0.05, 0) is 42.7 Å². The summed E-state index contributed by atoms with van der Waals surface area (Å²) in [4.78, 5) is 15.3. The second-order valence-electron chi connectivity index (χ2n) is 7.98. The molecule has 0 saturated carbocycles. The van der Waals surface area contributed by atoms with Crippen LogP contribution >= 0.6 is 0 Å². The van der Waals surface area contributed by atoms with E-state index in [-0.39, 0.29) is 12.3 Å². The minimum Gasteiger partial charge on any atom is -0.398 e. The van der Waals surface area contributed by atoms with Gasteiger partial charge in [0.15, 0.2) is 0 Å². The van der Waals surface area contributed by atoms with E-state index in [2.05, 4.69) is 33.8 Å². The molecule has 2 rings (SSSR count). The van der Waals surface area contributed by atoms with Gasteiger partial charge in [0.2, 0.25) is 6.41 Å². The zero-order valence-electron chi connectivity index (χ0n) is 19.1. The Labute approximate surface area is 191 Å². The first kappa shape index (κ1) is 25.3. The molecule has 7 heteroatoms. The average molecular weight is 438 g/mol. The van der Waals surface area contributed by atoms with Crippen LogP contribution in [0.15, 0.2) is 65.5 Å². The van der Waals surface area contributed by atoms with Crippen LogP contribution in [-0.2, 0) is 11.3 Å². The van der Waals surface area contributed by atoms with Crippen molar-refractivity contribution < 1.29 is 9.90 Å². The van der Waals surface area contributed by atoms with Gasteiger partial charge in [-0.3, -0.25) is 14.6 Å². The number of nitrogens with zero attached hydrogens (tertiary/aromatic N) is 2. The first-order chi connectivity index (χ1) is 15.3. The summed E-state index contributed by atoms with van der Waals surface area (Å²) < 4.78 is 0. The molecule has 1 aromatic rings. The molecule has 0 unspecified atom stereocenters. The van der Waals surface area contributed by atoms with E-state index in [1.165, 1.54) is 5.56 Å². The molecule has 0 aliphatic carbocycles. The number of piperazine rings is 1. The Hall–Kier alpha value is -3.00. The normalized spacial score (nSPS) is 16.7. The number of benzene rings is 1. The molecule has 1 aromatic carbocycles. The van der Waals surface area contributed by atoms with Crippen LogP contribution in [0, 0.1) is 5.41 Å². The molecule has 0 atom stereocenters. The number of carbonyl (C=O) groups is 1. The van der Waals surface area contributed by atoms with E-state index in [1.54, 1.807) is 19.1 Å². The summed E-state index contributed by atoms with van der Waals surface area (Å²) in [6.07, 6.45) is 5.92. The fourth-order valence-corrected chi connectivity index (χ4v) is 3.43. The lowest BCUT2D eigenvalue weighted by molar-refractivity contribution is -0.108. The van der Waals surface area contributed by atoms with Crippen molar-refractivity contribution in [3.8, 4) is 0 Å². The van der Waals surface area contributed by atoms with Gasteiger partial charge in [0.1, 0.15) is 0 Å². The Morgan fingerprint density at radius 1 is 1.25 bits per heavy atom. The quantitative estimate of drug-likeness (QED) is 0.241. The third-order valence-corrected chi connectivity index (χ3v) is 5.59. The number of β-amino-alcohol motifs (C(OH)–C–C–N with tert-alkyl or cyclic N) is 1. The summed E-state index contributed by atoms with van der Waals surface area (Å²) in [6.45, 7) is 13.3. The van der Waals surface area contributed by atoms with Gasteiger partial charge in [-0.1, -0.05) is 36.9 Å². The number of allylic oxidation sites excluding steroid dienone is 5. The van der Waals surface area contributed by atoms with E-state index in [9.17, 15) is 4.79 Å². The van der Waals surface area contributed by atoms with Crippen molar-refractivity contribution in [1.29, 1.82) is 5.41 Å². The van der Waals surface area contributed by atoms with Gasteiger partial charge in [-0.25, -0.2) is 0 Å². The number of hydrogen-bond donors (Lipinski definition) is 4. The predicted molar refractivity (Wildman–Crippen MR) is 131 cm³/mol. The van der Waals surface area contributed by atoms with Crippen molar-refractivity contribution in [1.82, 2.24) is 15.1 Å². The highest BCUT2D eigenvalue weighted by Gasteiger charge is 2.16. The van der Waals surface area contributed by atoms with E-state index < -0.39 is 0 Å². The number of carbonyl (C=O) groups excluding carboxylic acids is 1. The molecule has 0 aromatic heterocycles. The molecule has 172 valence electrons. The van der Waals surface area contributed by atoms with Crippen LogP contribution in [0.4, 0.5) is 0 Å². The minimum absolute atomic E-state index is 0.213. The van der Waals surface area contributed by atoms with Crippen LogP contribution in [0.1, 0.15) is 25.0 Å². The lowest BCUT2D eigenvalue weighted by atomic mass is 10.0. The van der Waals surface area contributed by atoms with Crippen LogP contribution in [0.25, 0.3) is 6.08 Å². The third-order valence-electron chi connectivity index (χ3n) is 5.59. The van der Waals surface area contributed by atoms with E-state index in [0.717, 1.165) is 50.4 Å². The molecule has 1 saturated heterocycles. The number of aliphatic hydroxyl groups excluding tert-OH is 1. The Balaban J connectivity index is 1.97. The average Bonchev–Trinajstić information content (AvgIpc) is 2.78. The molecule has 1 aliphatic rings. The van der Waals surface area contributed by atoms with Gasteiger partial charge in [-0.15, -0.1) is 0 Å². The van der Waals surface area contributed by atoms with Gasteiger partial charge in [0.25, 0.3) is 0 Å². The van der Waals surface area contributed by atoms with Crippen LogP contribution in [-0.4, -0.2) is 66.4 Å². The van der Waals surface area contributed by atoms with Crippen molar-refractivity contribution >= 4 is 18.2 Å². The Kier molecular flexibility index (Phi) is 10.1. The second kappa shape index (κ2) is 12.8. The van der Waals surface area contributed by atoms with Crippen LogP contribution in [0.2, 0.25) is 0 Å². The summed E-state index contributed by atoms with van der Waals surface area (Å²) in [6, 6.07) is 8.29. The van der Waals surface area contributed by atoms with E-state index in [1.807, 2.05) is 25.1 Å². The fraction of sp³-hybridized carbons (Fsp3) is 0.360. The van der Waals surface area contributed by atoms with Crippen LogP contribution in [0.5, 0.6) is 0 Å². The summed E-state index contributed by atoms with van der Waals surface area (Å²) in [5.74, 6) is 0. The maximum atomic E-state index is 10.6. The zero-order chi connectivity index (χ0) is 23.5. The summed E-state index contributed by atoms with van der Waals surface area (Å²) in [5.41, 5.74) is 10.9. The molecule has 1 fully saturated rings. The lowest BCUT2D eigenvalue weighted by Gasteiger charge is -2.34. The smallest absolute Gasteiger partial charge is 0.211 e. The molecule has 1 aliphatic heterocycles. The molecule has 1 heterocycles. The van der Waals surface area contributed by atoms with Crippen molar-refractivity contribution in [2.75, 3.05) is 39.3 Å². The topological polar surface area (TPSA) is 106 Å². The number of rotatable bonds is 11. The highest BCUT2D eigenvalue weighted by molar-refractivity contribution is 6.10. The number of nitrogens with two attached hydrogens (primary N) is 1. The van der Waals surface area contributed by atoms with Crippen molar-refractivity contribution in [3.63, 3.8) is 0 Å². The molecular formula is C25H35N5O2. The SMILES string of the molecule is C=C(C(=N)/C=C/c1cccc(CN2CCN(CCO)CC2)c1)/C(N)=C\C(C)=C(/C)NC=O. The first-order valence-corrected chi connectivity index (χ1v) is 10.8. The number of amides is 1. The van der Waals surface area contributed by atoms with Crippen molar-refractivity contribution in [2.24, 2.45) is 5.73 Å². The molecule has 32 heavy (non-hydrogen) atoms. The minimum atomic E-state index is 0.213. The maximum absolute atomic E-state index is 10.6. The van der Waals surface area contributed by atoms with Crippen molar-refractivity contribution in [2.45, 2.75) is 20.4 Å². The maximum Gasteiger partial charge on any atom is 0.211 e. The number of aliphatic hydroxyl groups is 1. The van der Waals surface area contributed by atoms with Gasteiger partial charge in [-0.2, -0.15) is 0 Å². The largest absolute Gasteiger partial charge is 0.398 e. The van der Waals surface area contributed by atoms with Gasteiger partial charge >= 0.3 is 0 Å². The molecule has 1 amide bonds. The van der Waals surface area contributed by atoms with Crippen molar-refractivity contribution in [3.05, 3.63) is 76.7 Å². The standard InChI is InChI=1S/C25H35N5O2/c1-19(21(3)28-18-32)15-25(27)20(2)24(26)8-7-22-5-4-6-23(16-22)17-30-11-9-29(10-12-30)13-14-31/h4-8,15-16,18,26,31H,2,9-14,17,27H2,1,3H3,(H,28,32)/b8-7+,21-19+,25-15+,26-24?.